The van der Waals surface area contributed by atoms with E-state index in [1.165, 1.54) is 11.3 Å². The van der Waals surface area contributed by atoms with Crippen molar-refractivity contribution in [3.05, 3.63) is 35.1 Å². The third-order valence-electron chi connectivity index (χ3n) is 3.38. The minimum atomic E-state index is -0.225. The molecule has 1 atom stereocenters. The van der Waals surface area contributed by atoms with Crippen molar-refractivity contribution >= 4 is 16.3 Å². The lowest BCUT2D eigenvalue weighted by Gasteiger charge is -2.24. The van der Waals surface area contributed by atoms with E-state index in [1.807, 2.05) is 24.3 Å². The number of aromatic nitrogens is 4. The van der Waals surface area contributed by atoms with Crippen LogP contribution in [0, 0.1) is 0 Å². The van der Waals surface area contributed by atoms with E-state index in [0.717, 1.165) is 27.3 Å². The Kier molecular flexibility index (Phi) is 3.39. The average molecular weight is 318 g/mol. The normalized spacial score (nSPS) is 17.0. The van der Waals surface area contributed by atoms with E-state index in [-0.39, 0.29) is 6.10 Å². The number of methoxy groups -OCH3 is 1. The van der Waals surface area contributed by atoms with Crippen molar-refractivity contribution in [1.82, 2.24) is 19.8 Å². The van der Waals surface area contributed by atoms with E-state index in [9.17, 15) is 0 Å². The molecule has 1 aromatic carbocycles. The third kappa shape index (κ3) is 2.30. The summed E-state index contributed by atoms with van der Waals surface area (Å²) in [5, 5.41) is 13.7. The van der Waals surface area contributed by atoms with Crippen LogP contribution in [0.25, 0.3) is 4.96 Å². The highest BCUT2D eigenvalue weighted by molar-refractivity contribution is 7.16. The van der Waals surface area contributed by atoms with Gasteiger partial charge in [-0.2, -0.15) is 9.61 Å². The van der Waals surface area contributed by atoms with Crippen LogP contribution >= 0.6 is 11.3 Å². The number of nitrogens with zero attached hydrogens (tertiary/aromatic N) is 4. The minimum Gasteiger partial charge on any atom is -0.485 e. The zero-order valence-corrected chi connectivity index (χ0v) is 12.7. The van der Waals surface area contributed by atoms with Crippen molar-refractivity contribution < 1.29 is 14.2 Å². The molecule has 0 fully saturated rings. The van der Waals surface area contributed by atoms with Crippen LogP contribution in [0.1, 0.15) is 16.9 Å². The van der Waals surface area contributed by atoms with E-state index in [1.54, 1.807) is 11.6 Å². The van der Waals surface area contributed by atoms with Crippen LogP contribution in [0.2, 0.25) is 0 Å². The average Bonchev–Trinajstić information content (AvgIpc) is 3.13. The van der Waals surface area contributed by atoms with Crippen molar-refractivity contribution in [3.8, 4) is 11.5 Å². The Hall–Kier alpha value is -2.19. The van der Waals surface area contributed by atoms with Crippen molar-refractivity contribution in [1.29, 1.82) is 0 Å². The molecule has 3 aromatic rings. The molecule has 0 N–H and O–H groups in total. The molecule has 0 saturated heterocycles. The van der Waals surface area contributed by atoms with Gasteiger partial charge in [0.25, 0.3) is 0 Å². The molecule has 0 amide bonds. The molecule has 0 aliphatic carbocycles. The number of rotatable bonds is 4. The summed E-state index contributed by atoms with van der Waals surface area (Å²) in [4.78, 5) is 0.753. The Bertz CT molecular complexity index is 800. The number of para-hydroxylation sites is 2. The first-order valence-electron chi connectivity index (χ1n) is 6.93. The molecule has 4 rings (SSSR count). The topological polar surface area (TPSA) is 70.8 Å². The summed E-state index contributed by atoms with van der Waals surface area (Å²) in [5.41, 5.74) is 0. The molecule has 0 saturated carbocycles. The number of hydrogen-bond acceptors (Lipinski definition) is 7. The van der Waals surface area contributed by atoms with Crippen LogP contribution in [0.5, 0.6) is 11.5 Å². The fourth-order valence-electron chi connectivity index (χ4n) is 2.29. The van der Waals surface area contributed by atoms with Crippen LogP contribution in [0.3, 0.4) is 0 Å². The molecule has 1 aliphatic rings. The second-order valence-electron chi connectivity index (χ2n) is 4.86. The van der Waals surface area contributed by atoms with Crippen LogP contribution < -0.4 is 9.47 Å². The van der Waals surface area contributed by atoms with Crippen molar-refractivity contribution in [2.24, 2.45) is 0 Å². The lowest BCUT2D eigenvalue weighted by molar-refractivity contribution is 0.0904. The first-order chi connectivity index (χ1) is 10.8. The molecule has 0 unspecified atom stereocenters. The number of benzene rings is 1. The molecule has 7 nitrogen and oxygen atoms in total. The smallest absolute Gasteiger partial charge is 0.234 e. The Morgan fingerprint density at radius 2 is 2.18 bits per heavy atom. The predicted octanol–water partition coefficient (Wildman–Crippen LogP) is 1.89. The van der Waals surface area contributed by atoms with Crippen LogP contribution in [0.15, 0.2) is 24.3 Å². The molecule has 22 heavy (non-hydrogen) atoms. The van der Waals surface area contributed by atoms with Crippen LogP contribution in [-0.4, -0.2) is 40.1 Å². The maximum Gasteiger partial charge on any atom is 0.234 e. The first kappa shape index (κ1) is 13.5. The first-order valence-corrected chi connectivity index (χ1v) is 7.75. The summed E-state index contributed by atoms with van der Waals surface area (Å²) >= 11 is 1.47. The van der Waals surface area contributed by atoms with Gasteiger partial charge < -0.3 is 14.2 Å². The highest BCUT2D eigenvalue weighted by atomic mass is 32.1. The van der Waals surface area contributed by atoms with Gasteiger partial charge in [0.1, 0.15) is 6.61 Å². The molecule has 114 valence electrons. The van der Waals surface area contributed by atoms with Gasteiger partial charge in [0.05, 0.1) is 6.61 Å². The van der Waals surface area contributed by atoms with Gasteiger partial charge in [-0.05, 0) is 12.1 Å². The van der Waals surface area contributed by atoms with Crippen molar-refractivity contribution in [2.75, 3.05) is 20.3 Å². The predicted molar refractivity (Wildman–Crippen MR) is 79.5 cm³/mol. The fourth-order valence-corrected chi connectivity index (χ4v) is 3.16. The Balaban J connectivity index is 1.61. The summed E-state index contributed by atoms with van der Waals surface area (Å²) in [6.07, 6.45) is 0.447. The van der Waals surface area contributed by atoms with Crippen molar-refractivity contribution in [2.45, 2.75) is 12.5 Å². The molecular weight excluding hydrogens is 304 g/mol. The molecule has 3 heterocycles. The zero-order chi connectivity index (χ0) is 14.9. The Labute approximate surface area is 130 Å². The van der Waals surface area contributed by atoms with Gasteiger partial charge in [0, 0.05) is 13.5 Å². The lowest BCUT2D eigenvalue weighted by atomic mass is 10.3. The van der Waals surface area contributed by atoms with Gasteiger partial charge in [-0.3, -0.25) is 0 Å². The molecule has 0 bridgehead atoms. The van der Waals surface area contributed by atoms with Crippen LogP contribution in [-0.2, 0) is 11.2 Å². The van der Waals surface area contributed by atoms with Gasteiger partial charge in [-0.15, -0.1) is 10.2 Å². The standard InChI is InChI=1S/C14H14N4O3S/c1-19-7-6-12-15-16-14-18(12)17-13(22-14)11-8-20-9-4-2-3-5-10(9)21-11/h2-5,11H,6-8H2,1H3/t11-/m0/s1. The van der Waals surface area contributed by atoms with Crippen molar-refractivity contribution in [3.63, 3.8) is 0 Å². The molecule has 0 radical (unpaired) electrons. The Morgan fingerprint density at radius 1 is 1.32 bits per heavy atom. The van der Waals surface area contributed by atoms with E-state index in [4.69, 9.17) is 14.2 Å². The number of ether oxygens (including phenoxy) is 3. The third-order valence-corrected chi connectivity index (χ3v) is 4.38. The molecular formula is C14H14N4O3S. The highest BCUT2D eigenvalue weighted by Gasteiger charge is 2.26. The SMILES string of the molecule is COCCc1nnc2sc([C@@H]3COc4ccccc4O3)nn12. The summed E-state index contributed by atoms with van der Waals surface area (Å²) < 4.78 is 18.5. The highest BCUT2D eigenvalue weighted by Crippen LogP contribution is 2.36. The summed E-state index contributed by atoms with van der Waals surface area (Å²) in [6.45, 7) is 1.03. The fraction of sp³-hybridized carbons (Fsp3) is 0.357. The summed E-state index contributed by atoms with van der Waals surface area (Å²) in [5.74, 6) is 2.29. The maximum absolute atomic E-state index is 5.97. The largest absolute Gasteiger partial charge is 0.485 e. The summed E-state index contributed by atoms with van der Waals surface area (Å²) in [6, 6.07) is 7.64. The van der Waals surface area contributed by atoms with Gasteiger partial charge in [-0.25, -0.2) is 0 Å². The summed E-state index contributed by atoms with van der Waals surface area (Å²) in [7, 11) is 1.66. The molecule has 2 aromatic heterocycles. The van der Waals surface area contributed by atoms with E-state index < -0.39 is 0 Å². The van der Waals surface area contributed by atoms with E-state index in [2.05, 4.69) is 15.3 Å². The minimum absolute atomic E-state index is 0.225. The second kappa shape index (κ2) is 5.54. The van der Waals surface area contributed by atoms with E-state index >= 15 is 0 Å². The quantitative estimate of drug-likeness (QED) is 0.731. The van der Waals surface area contributed by atoms with Gasteiger partial charge in [0.15, 0.2) is 28.4 Å². The monoisotopic (exact) mass is 318 g/mol. The van der Waals surface area contributed by atoms with Crippen LogP contribution in [0.4, 0.5) is 0 Å². The molecule has 8 heteroatoms. The zero-order valence-electron chi connectivity index (χ0n) is 11.9. The second-order valence-corrected chi connectivity index (χ2v) is 5.85. The van der Waals surface area contributed by atoms with Gasteiger partial charge >= 0.3 is 0 Å². The lowest BCUT2D eigenvalue weighted by Crippen LogP contribution is -2.21. The number of hydrogen-bond donors (Lipinski definition) is 0. The van der Waals surface area contributed by atoms with Gasteiger partial charge in [0.2, 0.25) is 4.96 Å². The van der Waals surface area contributed by atoms with Gasteiger partial charge in [-0.1, -0.05) is 23.5 Å². The Morgan fingerprint density at radius 3 is 3.05 bits per heavy atom. The molecule has 0 spiro atoms. The number of fused-ring (bicyclic) bond motifs is 2. The molecule has 1 aliphatic heterocycles. The maximum atomic E-state index is 5.97. The van der Waals surface area contributed by atoms with E-state index in [0.29, 0.717) is 19.6 Å².